The minimum Gasteiger partial charge on any atom is -0.492 e. The van der Waals surface area contributed by atoms with Crippen LogP contribution in [0.15, 0.2) is 59.0 Å². The second kappa shape index (κ2) is 9.77. The number of furan rings is 1. The third-order valence-electron chi connectivity index (χ3n) is 3.99. The number of hydrogen-bond donors (Lipinski definition) is 2. The number of esters is 1. The van der Waals surface area contributed by atoms with Gasteiger partial charge in [-0.05, 0) is 36.4 Å². The number of benzene rings is 2. The smallest absolute Gasteiger partial charge is 0.373 e. The van der Waals surface area contributed by atoms with Gasteiger partial charge in [0, 0.05) is 18.5 Å². The zero-order valence-corrected chi connectivity index (χ0v) is 15.6. The maximum absolute atomic E-state index is 11.5. The Labute approximate surface area is 162 Å². The molecular weight excluding hydrogens is 362 g/mol. The maximum atomic E-state index is 11.5. The lowest BCUT2D eigenvalue weighted by atomic mass is 10.2. The molecule has 28 heavy (non-hydrogen) atoms. The summed E-state index contributed by atoms with van der Waals surface area (Å²) in [5, 5.41) is 13.8. The lowest BCUT2D eigenvalue weighted by molar-refractivity contribution is 0.0567. The number of carbonyl (C=O) groups is 1. The Hall–Kier alpha value is -3.03. The van der Waals surface area contributed by atoms with Crippen LogP contribution in [0, 0.1) is 0 Å². The first-order valence-electron chi connectivity index (χ1n) is 8.97. The molecule has 0 bridgehead atoms. The first-order chi connectivity index (χ1) is 13.7. The molecule has 0 unspecified atom stereocenters. The number of ether oxygens (including phenoxy) is 3. The summed E-state index contributed by atoms with van der Waals surface area (Å²) in [5.41, 5.74) is 0.590. The van der Waals surface area contributed by atoms with E-state index in [1.54, 1.807) is 24.3 Å². The molecule has 0 aliphatic rings. The molecule has 7 nitrogen and oxygen atoms in total. The third kappa shape index (κ3) is 5.48. The predicted molar refractivity (Wildman–Crippen MR) is 104 cm³/mol. The number of methoxy groups -OCH3 is 1. The number of aliphatic hydroxyl groups excluding tert-OH is 1. The average molecular weight is 385 g/mol. The van der Waals surface area contributed by atoms with Gasteiger partial charge in [0.25, 0.3) is 0 Å². The van der Waals surface area contributed by atoms with Gasteiger partial charge in [0.2, 0.25) is 5.76 Å². The number of rotatable bonds is 10. The standard InChI is InChI=1S/C21H23NO6/c1-25-21(24)20-12-15-11-18(7-8-19(15)28-20)26-10-9-22-13-16(23)14-27-17-5-3-2-4-6-17/h2-8,11-12,16,22-23H,9-10,13-14H2,1H3/t16-/m0/s1. The van der Waals surface area contributed by atoms with Crippen LogP contribution in [-0.2, 0) is 4.74 Å². The summed E-state index contributed by atoms with van der Waals surface area (Å²) < 4.78 is 21.3. The number of fused-ring (bicyclic) bond motifs is 1. The van der Waals surface area contributed by atoms with Crippen LogP contribution in [0.2, 0.25) is 0 Å². The van der Waals surface area contributed by atoms with Crippen molar-refractivity contribution >= 4 is 16.9 Å². The van der Waals surface area contributed by atoms with Crippen molar-refractivity contribution in [2.75, 3.05) is 33.4 Å². The predicted octanol–water partition coefficient (Wildman–Crippen LogP) is 2.63. The fourth-order valence-electron chi connectivity index (χ4n) is 2.59. The van der Waals surface area contributed by atoms with Gasteiger partial charge in [-0.2, -0.15) is 0 Å². The molecule has 148 valence electrons. The lowest BCUT2D eigenvalue weighted by Gasteiger charge is -2.13. The van der Waals surface area contributed by atoms with E-state index in [0.29, 0.717) is 31.0 Å². The van der Waals surface area contributed by atoms with Crippen molar-refractivity contribution < 1.29 is 28.5 Å². The van der Waals surface area contributed by atoms with Crippen molar-refractivity contribution in [3.05, 3.63) is 60.4 Å². The molecule has 2 aromatic carbocycles. The molecule has 0 amide bonds. The molecule has 0 aliphatic carbocycles. The zero-order chi connectivity index (χ0) is 19.8. The summed E-state index contributed by atoms with van der Waals surface area (Å²) >= 11 is 0. The van der Waals surface area contributed by atoms with E-state index in [-0.39, 0.29) is 12.4 Å². The van der Waals surface area contributed by atoms with Gasteiger partial charge in [0.1, 0.15) is 36.4 Å². The normalized spacial score (nSPS) is 11.9. The van der Waals surface area contributed by atoms with Crippen LogP contribution in [0.25, 0.3) is 11.0 Å². The van der Waals surface area contributed by atoms with E-state index in [0.717, 1.165) is 11.1 Å². The fourth-order valence-corrected chi connectivity index (χ4v) is 2.59. The molecule has 1 heterocycles. The van der Waals surface area contributed by atoms with E-state index >= 15 is 0 Å². The van der Waals surface area contributed by atoms with E-state index in [4.69, 9.17) is 13.9 Å². The van der Waals surface area contributed by atoms with Gasteiger partial charge in [-0.15, -0.1) is 0 Å². The molecule has 1 aromatic heterocycles. The van der Waals surface area contributed by atoms with Crippen molar-refractivity contribution in [3.8, 4) is 11.5 Å². The van der Waals surface area contributed by atoms with Gasteiger partial charge in [-0.25, -0.2) is 4.79 Å². The molecule has 0 saturated carbocycles. The molecule has 3 rings (SSSR count). The Morgan fingerprint density at radius 1 is 1.11 bits per heavy atom. The number of aliphatic hydroxyl groups is 1. The van der Waals surface area contributed by atoms with E-state index in [1.165, 1.54) is 7.11 Å². The highest BCUT2D eigenvalue weighted by Gasteiger charge is 2.12. The van der Waals surface area contributed by atoms with Gasteiger partial charge in [0.05, 0.1) is 7.11 Å². The quantitative estimate of drug-likeness (QED) is 0.410. The van der Waals surface area contributed by atoms with Gasteiger partial charge in [-0.3, -0.25) is 0 Å². The fraction of sp³-hybridized carbons (Fsp3) is 0.286. The molecule has 7 heteroatoms. The second-order valence-electron chi connectivity index (χ2n) is 6.13. The maximum Gasteiger partial charge on any atom is 0.373 e. The van der Waals surface area contributed by atoms with Crippen molar-refractivity contribution in [1.82, 2.24) is 5.32 Å². The largest absolute Gasteiger partial charge is 0.492 e. The number of nitrogens with one attached hydrogen (secondary N) is 1. The Balaban J connectivity index is 1.37. The van der Waals surface area contributed by atoms with Gasteiger partial charge in [0.15, 0.2) is 0 Å². The summed E-state index contributed by atoms with van der Waals surface area (Å²) in [7, 11) is 1.31. The first-order valence-corrected chi connectivity index (χ1v) is 8.97. The van der Waals surface area contributed by atoms with Crippen molar-refractivity contribution in [3.63, 3.8) is 0 Å². The average Bonchev–Trinajstić information content (AvgIpc) is 3.15. The minimum atomic E-state index is -0.612. The van der Waals surface area contributed by atoms with Gasteiger partial charge < -0.3 is 29.1 Å². The zero-order valence-electron chi connectivity index (χ0n) is 15.6. The molecule has 1 atom stereocenters. The number of carbonyl (C=O) groups excluding carboxylic acids is 1. The molecule has 0 radical (unpaired) electrons. The van der Waals surface area contributed by atoms with Crippen LogP contribution in [0.4, 0.5) is 0 Å². The van der Waals surface area contributed by atoms with Crippen molar-refractivity contribution in [2.45, 2.75) is 6.10 Å². The van der Waals surface area contributed by atoms with E-state index in [9.17, 15) is 9.90 Å². The van der Waals surface area contributed by atoms with Crippen molar-refractivity contribution in [2.24, 2.45) is 0 Å². The van der Waals surface area contributed by atoms with E-state index < -0.39 is 12.1 Å². The Morgan fingerprint density at radius 2 is 1.93 bits per heavy atom. The number of hydrogen-bond acceptors (Lipinski definition) is 7. The highest BCUT2D eigenvalue weighted by Crippen LogP contribution is 2.24. The van der Waals surface area contributed by atoms with Crippen LogP contribution >= 0.6 is 0 Å². The van der Waals surface area contributed by atoms with Gasteiger partial charge in [-0.1, -0.05) is 18.2 Å². The highest BCUT2D eigenvalue weighted by molar-refractivity contribution is 5.92. The third-order valence-corrected chi connectivity index (χ3v) is 3.99. The van der Waals surface area contributed by atoms with E-state index in [2.05, 4.69) is 10.1 Å². The minimum absolute atomic E-state index is 0.156. The second-order valence-corrected chi connectivity index (χ2v) is 6.13. The molecular formula is C21H23NO6. The van der Waals surface area contributed by atoms with E-state index in [1.807, 2.05) is 30.3 Å². The SMILES string of the molecule is COC(=O)c1cc2cc(OCCNC[C@H](O)COc3ccccc3)ccc2o1. The molecule has 2 N–H and O–H groups in total. The molecule has 0 aliphatic heterocycles. The van der Waals surface area contributed by atoms with Crippen LogP contribution in [-0.4, -0.2) is 50.6 Å². The monoisotopic (exact) mass is 385 g/mol. The summed E-state index contributed by atoms with van der Waals surface area (Å²) in [6.07, 6.45) is -0.612. The topological polar surface area (TPSA) is 90.2 Å². The van der Waals surface area contributed by atoms with Crippen LogP contribution < -0.4 is 14.8 Å². The lowest BCUT2D eigenvalue weighted by Crippen LogP contribution is -2.33. The van der Waals surface area contributed by atoms with Crippen LogP contribution in [0.3, 0.4) is 0 Å². The number of para-hydroxylation sites is 1. The highest BCUT2D eigenvalue weighted by atomic mass is 16.5. The Bertz CT molecular complexity index is 892. The van der Waals surface area contributed by atoms with Crippen LogP contribution in [0.5, 0.6) is 11.5 Å². The molecule has 0 spiro atoms. The first kappa shape index (κ1) is 19.7. The van der Waals surface area contributed by atoms with Crippen molar-refractivity contribution in [1.29, 1.82) is 0 Å². The van der Waals surface area contributed by atoms with Crippen LogP contribution in [0.1, 0.15) is 10.6 Å². The summed E-state index contributed by atoms with van der Waals surface area (Å²) in [5.74, 6) is 1.04. The Morgan fingerprint density at radius 3 is 2.71 bits per heavy atom. The molecule has 3 aromatic rings. The molecule has 0 saturated heterocycles. The summed E-state index contributed by atoms with van der Waals surface area (Å²) in [6, 6.07) is 16.3. The summed E-state index contributed by atoms with van der Waals surface area (Å²) in [4.78, 5) is 11.5. The summed E-state index contributed by atoms with van der Waals surface area (Å²) in [6.45, 7) is 1.62. The Kier molecular flexibility index (Phi) is 6.89. The molecule has 0 fully saturated rings. The van der Waals surface area contributed by atoms with Gasteiger partial charge >= 0.3 is 5.97 Å².